The van der Waals surface area contributed by atoms with Gasteiger partial charge in [-0.05, 0) is 56.3 Å². The average molecular weight is 275 g/mol. The molecule has 1 aliphatic rings. The van der Waals surface area contributed by atoms with Gasteiger partial charge in [-0.15, -0.1) is 0 Å². The third kappa shape index (κ3) is 3.99. The molecule has 1 fully saturated rings. The number of hydrogen-bond donors (Lipinski definition) is 1. The zero-order chi connectivity index (χ0) is 14.2. The number of hydrogen-bond acceptors (Lipinski definition) is 2. The minimum Gasteiger partial charge on any atom is -0.493 e. The van der Waals surface area contributed by atoms with Crippen molar-refractivity contribution in [2.75, 3.05) is 20.2 Å². The molecule has 1 saturated carbocycles. The Morgan fingerprint density at radius 1 is 1.15 bits per heavy atom. The SMILES string of the molecule is CCCOc1ccccc1C1CCCCCC1CNC. The topological polar surface area (TPSA) is 21.3 Å². The van der Waals surface area contributed by atoms with Gasteiger partial charge < -0.3 is 10.1 Å². The van der Waals surface area contributed by atoms with Crippen molar-refractivity contribution in [3.8, 4) is 5.75 Å². The number of benzene rings is 1. The van der Waals surface area contributed by atoms with Gasteiger partial charge in [0.05, 0.1) is 6.61 Å². The van der Waals surface area contributed by atoms with Crippen molar-refractivity contribution in [1.82, 2.24) is 5.32 Å². The Bertz CT molecular complexity index is 391. The number of nitrogens with one attached hydrogen (secondary N) is 1. The van der Waals surface area contributed by atoms with E-state index < -0.39 is 0 Å². The monoisotopic (exact) mass is 275 g/mol. The van der Waals surface area contributed by atoms with Crippen LogP contribution in [-0.2, 0) is 0 Å². The Morgan fingerprint density at radius 3 is 2.75 bits per heavy atom. The van der Waals surface area contributed by atoms with Crippen molar-refractivity contribution in [1.29, 1.82) is 0 Å². The maximum absolute atomic E-state index is 5.99. The molecule has 0 saturated heterocycles. The first-order valence-electron chi connectivity index (χ1n) is 8.23. The quantitative estimate of drug-likeness (QED) is 0.779. The number of ether oxygens (including phenoxy) is 1. The van der Waals surface area contributed by atoms with Gasteiger partial charge in [0.2, 0.25) is 0 Å². The summed E-state index contributed by atoms with van der Waals surface area (Å²) in [5, 5.41) is 3.39. The third-order valence-corrected chi connectivity index (χ3v) is 4.41. The van der Waals surface area contributed by atoms with E-state index in [1.165, 1.54) is 37.7 Å². The Kier molecular flexibility index (Phi) is 6.38. The van der Waals surface area contributed by atoms with E-state index in [-0.39, 0.29) is 0 Å². The lowest BCUT2D eigenvalue weighted by atomic mass is 9.82. The van der Waals surface area contributed by atoms with Crippen molar-refractivity contribution >= 4 is 0 Å². The first-order chi connectivity index (χ1) is 9.86. The van der Waals surface area contributed by atoms with Crippen LogP contribution in [0.5, 0.6) is 5.75 Å². The van der Waals surface area contributed by atoms with E-state index in [1.54, 1.807) is 0 Å². The highest BCUT2D eigenvalue weighted by Crippen LogP contribution is 2.40. The second-order valence-corrected chi connectivity index (χ2v) is 5.95. The summed E-state index contributed by atoms with van der Waals surface area (Å²) in [6, 6.07) is 8.68. The summed E-state index contributed by atoms with van der Waals surface area (Å²) in [4.78, 5) is 0. The molecule has 0 aliphatic heterocycles. The molecule has 0 spiro atoms. The van der Waals surface area contributed by atoms with Crippen LogP contribution in [0.4, 0.5) is 0 Å². The minimum absolute atomic E-state index is 0.651. The summed E-state index contributed by atoms with van der Waals surface area (Å²) in [6.07, 6.45) is 7.83. The zero-order valence-electron chi connectivity index (χ0n) is 13.0. The molecule has 1 aromatic rings. The fourth-order valence-electron chi connectivity index (χ4n) is 3.43. The molecule has 0 bridgehead atoms. The molecule has 20 heavy (non-hydrogen) atoms. The predicted octanol–water partition coefficient (Wildman–Crippen LogP) is 4.36. The van der Waals surface area contributed by atoms with Gasteiger partial charge in [0.25, 0.3) is 0 Å². The van der Waals surface area contributed by atoms with Gasteiger partial charge in [0, 0.05) is 0 Å². The molecule has 1 aliphatic carbocycles. The van der Waals surface area contributed by atoms with Crippen LogP contribution in [0, 0.1) is 5.92 Å². The molecule has 2 rings (SSSR count). The van der Waals surface area contributed by atoms with Gasteiger partial charge in [-0.2, -0.15) is 0 Å². The summed E-state index contributed by atoms with van der Waals surface area (Å²) in [6.45, 7) is 4.10. The Balaban J connectivity index is 2.21. The van der Waals surface area contributed by atoms with Gasteiger partial charge in [-0.3, -0.25) is 0 Å². The number of rotatable bonds is 6. The molecule has 0 heterocycles. The van der Waals surface area contributed by atoms with Gasteiger partial charge in [0.15, 0.2) is 0 Å². The molecule has 1 aromatic carbocycles. The molecule has 2 heteroatoms. The Hall–Kier alpha value is -1.02. The summed E-state index contributed by atoms with van der Waals surface area (Å²) in [7, 11) is 2.07. The lowest BCUT2D eigenvalue weighted by molar-refractivity contribution is 0.303. The fourth-order valence-corrected chi connectivity index (χ4v) is 3.43. The van der Waals surface area contributed by atoms with E-state index in [0.717, 1.165) is 31.2 Å². The third-order valence-electron chi connectivity index (χ3n) is 4.41. The first kappa shape index (κ1) is 15.4. The molecule has 2 atom stereocenters. The van der Waals surface area contributed by atoms with Crippen LogP contribution < -0.4 is 10.1 Å². The second-order valence-electron chi connectivity index (χ2n) is 5.95. The molecule has 2 unspecified atom stereocenters. The van der Waals surface area contributed by atoms with Crippen molar-refractivity contribution < 1.29 is 4.74 Å². The highest BCUT2D eigenvalue weighted by atomic mass is 16.5. The van der Waals surface area contributed by atoms with Crippen molar-refractivity contribution in [3.63, 3.8) is 0 Å². The largest absolute Gasteiger partial charge is 0.493 e. The minimum atomic E-state index is 0.651. The maximum Gasteiger partial charge on any atom is 0.122 e. The standard InChI is InChI=1S/C18H29NO/c1-3-13-20-18-12-8-7-11-17(18)16-10-6-4-5-9-15(16)14-19-2/h7-8,11-12,15-16,19H,3-6,9-10,13-14H2,1-2H3. The van der Waals surface area contributed by atoms with Crippen molar-refractivity contribution in [3.05, 3.63) is 29.8 Å². The van der Waals surface area contributed by atoms with Crippen LogP contribution >= 0.6 is 0 Å². The second kappa shape index (κ2) is 8.31. The fraction of sp³-hybridized carbons (Fsp3) is 0.667. The molecule has 1 N–H and O–H groups in total. The Morgan fingerprint density at radius 2 is 1.95 bits per heavy atom. The van der Waals surface area contributed by atoms with Gasteiger partial charge in [0.1, 0.15) is 5.75 Å². The van der Waals surface area contributed by atoms with Crippen molar-refractivity contribution in [2.45, 2.75) is 51.4 Å². The molecule has 2 nitrogen and oxygen atoms in total. The van der Waals surface area contributed by atoms with E-state index in [0.29, 0.717) is 5.92 Å². The lowest BCUT2D eigenvalue weighted by Crippen LogP contribution is -2.24. The van der Waals surface area contributed by atoms with Crippen LogP contribution in [0.15, 0.2) is 24.3 Å². The summed E-state index contributed by atoms with van der Waals surface area (Å²) < 4.78 is 5.99. The van der Waals surface area contributed by atoms with E-state index in [1.807, 2.05) is 0 Å². The highest BCUT2D eigenvalue weighted by Gasteiger charge is 2.26. The maximum atomic E-state index is 5.99. The summed E-state index contributed by atoms with van der Waals surface area (Å²) in [5.41, 5.74) is 1.43. The molecular weight excluding hydrogens is 246 g/mol. The van der Waals surface area contributed by atoms with E-state index in [4.69, 9.17) is 4.74 Å². The van der Waals surface area contributed by atoms with Crippen LogP contribution in [0.25, 0.3) is 0 Å². The average Bonchev–Trinajstić information content (AvgIpc) is 2.71. The van der Waals surface area contributed by atoms with E-state index in [2.05, 4.69) is 43.6 Å². The van der Waals surface area contributed by atoms with Gasteiger partial charge in [-0.1, -0.05) is 44.4 Å². The smallest absolute Gasteiger partial charge is 0.122 e. The molecule has 112 valence electrons. The first-order valence-corrected chi connectivity index (χ1v) is 8.23. The molecule has 0 aromatic heterocycles. The van der Waals surface area contributed by atoms with Crippen molar-refractivity contribution in [2.24, 2.45) is 5.92 Å². The normalized spacial score (nSPS) is 23.3. The van der Waals surface area contributed by atoms with Crippen LogP contribution in [0.1, 0.15) is 56.9 Å². The van der Waals surface area contributed by atoms with E-state index >= 15 is 0 Å². The molecule has 0 radical (unpaired) electrons. The van der Waals surface area contributed by atoms with Crippen LogP contribution in [0.2, 0.25) is 0 Å². The van der Waals surface area contributed by atoms with Gasteiger partial charge >= 0.3 is 0 Å². The lowest BCUT2D eigenvalue weighted by Gasteiger charge is -2.27. The molecular formula is C18H29NO. The zero-order valence-corrected chi connectivity index (χ0v) is 13.0. The van der Waals surface area contributed by atoms with Crippen LogP contribution in [0.3, 0.4) is 0 Å². The summed E-state index contributed by atoms with van der Waals surface area (Å²) >= 11 is 0. The highest BCUT2D eigenvalue weighted by molar-refractivity contribution is 5.37. The number of para-hydroxylation sites is 1. The van der Waals surface area contributed by atoms with Crippen LogP contribution in [-0.4, -0.2) is 20.2 Å². The van der Waals surface area contributed by atoms with Gasteiger partial charge in [-0.25, -0.2) is 0 Å². The molecule has 0 amide bonds. The predicted molar refractivity (Wildman–Crippen MR) is 85.5 cm³/mol. The Labute approximate surface area is 123 Å². The summed E-state index contributed by atoms with van der Waals surface area (Å²) in [5.74, 6) is 2.51. The van der Waals surface area contributed by atoms with E-state index in [9.17, 15) is 0 Å².